The molecule has 0 N–H and O–H groups in total. The van der Waals surface area contributed by atoms with Gasteiger partial charge in [0.25, 0.3) is 0 Å². The highest BCUT2D eigenvalue weighted by atomic mass is 16.7. The van der Waals surface area contributed by atoms with E-state index in [1.165, 1.54) is 0 Å². The van der Waals surface area contributed by atoms with Crippen LogP contribution in [0.4, 0.5) is 0 Å². The number of carbonyl (C=O) groups excluding carboxylic acids is 1. The molecule has 0 aromatic heterocycles. The monoisotopic (exact) mass is 202 g/mol. The van der Waals surface area contributed by atoms with Gasteiger partial charge in [-0.05, 0) is 12.8 Å². The van der Waals surface area contributed by atoms with Gasteiger partial charge in [0.1, 0.15) is 0 Å². The molecule has 0 atom stereocenters. The SMILES string of the molecule is CCCCCC(=O)OCOCCCC. The maximum absolute atomic E-state index is 11.0. The minimum absolute atomic E-state index is 0.116. The third-order valence-electron chi connectivity index (χ3n) is 1.93. The minimum atomic E-state index is -0.144. The summed E-state index contributed by atoms with van der Waals surface area (Å²) in [7, 11) is 0. The summed E-state index contributed by atoms with van der Waals surface area (Å²) in [5.41, 5.74) is 0. The number of unbranched alkanes of at least 4 members (excludes halogenated alkanes) is 3. The van der Waals surface area contributed by atoms with Crippen molar-refractivity contribution in [3.8, 4) is 0 Å². The smallest absolute Gasteiger partial charge is 0.307 e. The molecule has 0 unspecified atom stereocenters. The molecule has 0 amide bonds. The summed E-state index contributed by atoms with van der Waals surface area (Å²) in [5.74, 6) is -0.144. The Balaban J connectivity index is 3.10. The van der Waals surface area contributed by atoms with Gasteiger partial charge in [0.2, 0.25) is 0 Å². The molecule has 3 heteroatoms. The maximum Gasteiger partial charge on any atom is 0.307 e. The van der Waals surface area contributed by atoms with Crippen molar-refractivity contribution in [1.82, 2.24) is 0 Å². The summed E-state index contributed by atoms with van der Waals surface area (Å²) >= 11 is 0. The highest BCUT2D eigenvalue weighted by molar-refractivity contribution is 5.69. The molecule has 3 nitrogen and oxygen atoms in total. The Morgan fingerprint density at radius 2 is 1.79 bits per heavy atom. The van der Waals surface area contributed by atoms with Gasteiger partial charge in [-0.2, -0.15) is 0 Å². The molecule has 0 spiro atoms. The fourth-order valence-corrected chi connectivity index (χ4v) is 1.00. The van der Waals surface area contributed by atoms with Crippen LogP contribution in [-0.4, -0.2) is 19.4 Å². The Hall–Kier alpha value is -0.570. The van der Waals surface area contributed by atoms with Crippen LogP contribution in [0.15, 0.2) is 0 Å². The predicted octanol–water partition coefficient (Wildman–Crippen LogP) is 2.88. The Morgan fingerprint density at radius 1 is 1.07 bits per heavy atom. The molecule has 0 saturated carbocycles. The number of hydrogen-bond acceptors (Lipinski definition) is 3. The minimum Gasteiger partial charge on any atom is -0.438 e. The molecule has 0 fully saturated rings. The second-order valence-electron chi connectivity index (χ2n) is 3.35. The lowest BCUT2D eigenvalue weighted by molar-refractivity contribution is -0.156. The zero-order chi connectivity index (χ0) is 10.6. The molecule has 0 rings (SSSR count). The van der Waals surface area contributed by atoms with Gasteiger partial charge < -0.3 is 9.47 Å². The molecule has 0 radical (unpaired) electrons. The second-order valence-corrected chi connectivity index (χ2v) is 3.35. The van der Waals surface area contributed by atoms with E-state index in [9.17, 15) is 4.79 Å². The Kier molecular flexibility index (Phi) is 10.1. The van der Waals surface area contributed by atoms with E-state index in [0.29, 0.717) is 13.0 Å². The topological polar surface area (TPSA) is 35.5 Å². The van der Waals surface area contributed by atoms with E-state index in [1.807, 2.05) is 0 Å². The molecule has 0 bridgehead atoms. The average Bonchev–Trinajstić information content (AvgIpc) is 2.18. The quantitative estimate of drug-likeness (QED) is 0.327. The van der Waals surface area contributed by atoms with E-state index in [0.717, 1.165) is 32.1 Å². The van der Waals surface area contributed by atoms with Gasteiger partial charge in [0.05, 0.1) is 6.61 Å². The third-order valence-corrected chi connectivity index (χ3v) is 1.93. The highest BCUT2D eigenvalue weighted by Crippen LogP contribution is 2.00. The number of ether oxygens (including phenoxy) is 2. The molecule has 84 valence electrons. The first-order valence-electron chi connectivity index (χ1n) is 5.54. The third kappa shape index (κ3) is 9.52. The number of hydrogen-bond donors (Lipinski definition) is 0. The molecule has 0 saturated heterocycles. The van der Waals surface area contributed by atoms with Crippen molar-refractivity contribution in [3.63, 3.8) is 0 Å². The van der Waals surface area contributed by atoms with Crippen molar-refractivity contribution in [2.24, 2.45) is 0 Å². The van der Waals surface area contributed by atoms with Crippen LogP contribution in [-0.2, 0) is 14.3 Å². The van der Waals surface area contributed by atoms with Crippen molar-refractivity contribution in [2.45, 2.75) is 52.4 Å². The molecule has 0 heterocycles. The van der Waals surface area contributed by atoms with Gasteiger partial charge in [-0.1, -0.05) is 33.1 Å². The Bertz CT molecular complexity index is 134. The van der Waals surface area contributed by atoms with E-state index in [4.69, 9.17) is 9.47 Å². The van der Waals surface area contributed by atoms with Crippen molar-refractivity contribution in [3.05, 3.63) is 0 Å². The van der Waals surface area contributed by atoms with Crippen LogP contribution in [0.25, 0.3) is 0 Å². The van der Waals surface area contributed by atoms with Crippen LogP contribution in [0.1, 0.15) is 52.4 Å². The first kappa shape index (κ1) is 13.4. The van der Waals surface area contributed by atoms with Gasteiger partial charge in [0.15, 0.2) is 6.79 Å². The zero-order valence-electron chi connectivity index (χ0n) is 9.38. The van der Waals surface area contributed by atoms with Crippen LogP contribution in [0.2, 0.25) is 0 Å². The molecular formula is C11H22O3. The molecule has 0 aromatic rings. The van der Waals surface area contributed by atoms with Crippen molar-refractivity contribution in [1.29, 1.82) is 0 Å². The normalized spacial score (nSPS) is 10.1. The van der Waals surface area contributed by atoms with Gasteiger partial charge in [-0.3, -0.25) is 4.79 Å². The largest absolute Gasteiger partial charge is 0.438 e. The fraction of sp³-hybridized carbons (Fsp3) is 0.909. The first-order chi connectivity index (χ1) is 6.81. The highest BCUT2D eigenvalue weighted by Gasteiger charge is 2.01. The lowest BCUT2D eigenvalue weighted by Gasteiger charge is -2.04. The van der Waals surface area contributed by atoms with E-state index < -0.39 is 0 Å². The van der Waals surface area contributed by atoms with Crippen LogP contribution in [0.5, 0.6) is 0 Å². The first-order valence-corrected chi connectivity index (χ1v) is 5.54. The van der Waals surface area contributed by atoms with E-state index in [-0.39, 0.29) is 12.8 Å². The van der Waals surface area contributed by atoms with E-state index >= 15 is 0 Å². The number of esters is 1. The number of carbonyl (C=O) groups is 1. The van der Waals surface area contributed by atoms with Crippen LogP contribution >= 0.6 is 0 Å². The lowest BCUT2D eigenvalue weighted by Crippen LogP contribution is -2.08. The zero-order valence-corrected chi connectivity index (χ0v) is 9.38. The fourth-order valence-electron chi connectivity index (χ4n) is 1.00. The summed E-state index contributed by atoms with van der Waals surface area (Å²) in [4.78, 5) is 11.0. The van der Waals surface area contributed by atoms with Crippen LogP contribution in [0.3, 0.4) is 0 Å². The van der Waals surface area contributed by atoms with Crippen LogP contribution < -0.4 is 0 Å². The van der Waals surface area contributed by atoms with Crippen molar-refractivity contribution in [2.75, 3.05) is 13.4 Å². The van der Waals surface area contributed by atoms with Crippen LogP contribution in [0, 0.1) is 0 Å². The van der Waals surface area contributed by atoms with Gasteiger partial charge in [-0.25, -0.2) is 0 Å². The average molecular weight is 202 g/mol. The summed E-state index contributed by atoms with van der Waals surface area (Å²) in [6.45, 7) is 5.00. The van der Waals surface area contributed by atoms with Gasteiger partial charge in [-0.15, -0.1) is 0 Å². The molecule has 14 heavy (non-hydrogen) atoms. The van der Waals surface area contributed by atoms with Crippen molar-refractivity contribution < 1.29 is 14.3 Å². The van der Waals surface area contributed by atoms with Crippen molar-refractivity contribution >= 4 is 5.97 Å². The lowest BCUT2D eigenvalue weighted by atomic mass is 10.2. The Morgan fingerprint density at radius 3 is 2.43 bits per heavy atom. The second kappa shape index (κ2) is 10.5. The molecule has 0 aliphatic heterocycles. The van der Waals surface area contributed by atoms with Gasteiger partial charge in [0, 0.05) is 6.42 Å². The standard InChI is InChI=1S/C11H22O3/c1-3-5-7-8-11(12)14-10-13-9-6-4-2/h3-10H2,1-2H3. The molecule has 0 aromatic carbocycles. The molecule has 0 aliphatic carbocycles. The van der Waals surface area contributed by atoms with E-state index in [1.54, 1.807) is 0 Å². The molecular weight excluding hydrogens is 180 g/mol. The number of rotatable bonds is 9. The summed E-state index contributed by atoms with van der Waals surface area (Å²) in [6, 6.07) is 0. The summed E-state index contributed by atoms with van der Waals surface area (Å²) < 4.78 is 9.98. The molecule has 0 aliphatic rings. The Labute approximate surface area is 86.8 Å². The van der Waals surface area contributed by atoms with E-state index in [2.05, 4.69) is 13.8 Å². The predicted molar refractivity (Wildman–Crippen MR) is 56.0 cm³/mol. The summed E-state index contributed by atoms with van der Waals surface area (Å²) in [5, 5.41) is 0. The summed E-state index contributed by atoms with van der Waals surface area (Å²) in [6.07, 6.45) is 5.78. The van der Waals surface area contributed by atoms with Gasteiger partial charge >= 0.3 is 5.97 Å². The maximum atomic E-state index is 11.0.